The van der Waals surface area contributed by atoms with Crippen LogP contribution in [0.15, 0.2) is 89.8 Å². The van der Waals surface area contributed by atoms with E-state index < -0.39 is 0 Å². The monoisotopic (exact) mass is 465 g/mol. The first-order valence-corrected chi connectivity index (χ1v) is 11.2. The molecule has 0 aliphatic carbocycles. The number of nitrogens with one attached hydrogen (secondary N) is 1. The van der Waals surface area contributed by atoms with Gasteiger partial charge in [0.2, 0.25) is 0 Å². The van der Waals surface area contributed by atoms with Crippen molar-refractivity contribution in [1.29, 1.82) is 0 Å². The summed E-state index contributed by atoms with van der Waals surface area (Å²) in [5, 5.41) is 5.81. The number of Topliss-reactive ketones (excluding diaryl/α,β-unsaturated/α-hetero) is 1. The van der Waals surface area contributed by atoms with Crippen molar-refractivity contribution >= 4 is 63.1 Å². The predicted octanol–water partition coefficient (Wildman–Crippen LogP) is 7.37. The van der Waals surface area contributed by atoms with Crippen molar-refractivity contribution in [3.05, 3.63) is 106 Å². The maximum atomic E-state index is 12.6. The Balaban J connectivity index is 1.36. The number of amides is 1. The van der Waals surface area contributed by atoms with Gasteiger partial charge in [-0.05, 0) is 65.4 Å². The molecule has 0 saturated heterocycles. The Labute approximate surface area is 194 Å². The molecule has 0 unspecified atom stereocenters. The number of rotatable bonds is 6. The smallest absolute Gasteiger partial charge is 0.255 e. The zero-order chi connectivity index (χ0) is 21.8. The summed E-state index contributed by atoms with van der Waals surface area (Å²) in [5.74, 6) is 0.0824. The summed E-state index contributed by atoms with van der Waals surface area (Å²) in [6.07, 6.45) is 0. The van der Waals surface area contributed by atoms with Gasteiger partial charge in [-0.2, -0.15) is 0 Å². The van der Waals surface area contributed by atoms with Crippen LogP contribution in [0.4, 0.5) is 5.69 Å². The standard InChI is InChI=1S/C25H17Cl2NO2S/c26-22-12-7-18(14-23(22)27)24(29)15-31-21-10-8-20(9-11-21)28-25(30)19-6-5-16-3-1-2-4-17(16)13-19/h1-14H,15H2,(H,28,30). The lowest BCUT2D eigenvalue weighted by molar-refractivity contribution is 0.101. The molecule has 0 bridgehead atoms. The molecule has 3 nitrogen and oxygen atoms in total. The van der Waals surface area contributed by atoms with E-state index in [4.69, 9.17) is 23.2 Å². The Morgan fingerprint density at radius 1 is 0.742 bits per heavy atom. The van der Waals surface area contributed by atoms with Crippen molar-refractivity contribution < 1.29 is 9.59 Å². The van der Waals surface area contributed by atoms with Gasteiger partial charge >= 0.3 is 0 Å². The Morgan fingerprint density at radius 2 is 1.45 bits per heavy atom. The number of benzene rings is 4. The first-order valence-electron chi connectivity index (χ1n) is 9.51. The quantitative estimate of drug-likeness (QED) is 0.238. The molecule has 0 atom stereocenters. The van der Waals surface area contributed by atoms with Gasteiger partial charge in [-0.15, -0.1) is 11.8 Å². The Morgan fingerprint density at radius 3 is 2.19 bits per heavy atom. The van der Waals surface area contributed by atoms with E-state index in [0.717, 1.165) is 15.7 Å². The van der Waals surface area contributed by atoms with E-state index in [0.29, 0.717) is 26.9 Å². The second kappa shape index (κ2) is 9.56. The molecule has 0 radical (unpaired) electrons. The van der Waals surface area contributed by atoms with Crippen molar-refractivity contribution in [3.63, 3.8) is 0 Å². The van der Waals surface area contributed by atoms with E-state index in [1.165, 1.54) is 11.8 Å². The fourth-order valence-corrected chi connectivity index (χ4v) is 4.16. The minimum absolute atomic E-state index is 0.0303. The van der Waals surface area contributed by atoms with Crippen LogP contribution in [0, 0.1) is 0 Å². The lowest BCUT2D eigenvalue weighted by Gasteiger charge is -2.08. The maximum Gasteiger partial charge on any atom is 0.255 e. The summed E-state index contributed by atoms with van der Waals surface area (Å²) >= 11 is 13.3. The van der Waals surface area contributed by atoms with Gasteiger partial charge in [-0.3, -0.25) is 9.59 Å². The number of carbonyl (C=O) groups is 2. The largest absolute Gasteiger partial charge is 0.322 e. The molecular formula is C25H17Cl2NO2S. The van der Waals surface area contributed by atoms with E-state index in [1.54, 1.807) is 18.2 Å². The SMILES string of the molecule is O=C(CSc1ccc(NC(=O)c2ccc3ccccc3c2)cc1)c1ccc(Cl)c(Cl)c1. The van der Waals surface area contributed by atoms with Gasteiger partial charge in [0, 0.05) is 21.7 Å². The number of fused-ring (bicyclic) bond motifs is 1. The van der Waals surface area contributed by atoms with Gasteiger partial charge < -0.3 is 5.32 Å². The number of carbonyl (C=O) groups excluding carboxylic acids is 2. The molecule has 1 amide bonds. The van der Waals surface area contributed by atoms with Gasteiger partial charge in [0.1, 0.15) is 0 Å². The molecule has 0 aliphatic heterocycles. The highest BCUT2D eigenvalue weighted by atomic mass is 35.5. The molecule has 4 rings (SSSR count). The molecule has 6 heteroatoms. The normalized spacial score (nSPS) is 10.8. The average molecular weight is 466 g/mol. The van der Waals surface area contributed by atoms with E-state index >= 15 is 0 Å². The fraction of sp³-hybridized carbons (Fsp3) is 0.0400. The summed E-state index contributed by atoms with van der Waals surface area (Å²) in [6.45, 7) is 0. The molecular weight excluding hydrogens is 449 g/mol. The van der Waals surface area contributed by atoms with Gasteiger partial charge in [0.25, 0.3) is 5.91 Å². The zero-order valence-electron chi connectivity index (χ0n) is 16.3. The molecule has 0 fully saturated rings. The van der Waals surface area contributed by atoms with Gasteiger partial charge in [-0.25, -0.2) is 0 Å². The van der Waals surface area contributed by atoms with Crippen LogP contribution in [-0.2, 0) is 0 Å². The summed E-state index contributed by atoms with van der Waals surface area (Å²) in [6, 6.07) is 25.8. The minimum atomic E-state index is -0.166. The molecule has 0 heterocycles. The number of ketones is 1. The second-order valence-corrected chi connectivity index (χ2v) is 8.74. The molecule has 31 heavy (non-hydrogen) atoms. The van der Waals surface area contributed by atoms with Gasteiger partial charge in [-0.1, -0.05) is 53.5 Å². The lowest BCUT2D eigenvalue weighted by atomic mass is 10.1. The fourth-order valence-electron chi connectivity index (χ4n) is 3.07. The summed E-state index contributed by atoms with van der Waals surface area (Å²) in [4.78, 5) is 25.9. The van der Waals surface area contributed by atoms with Crippen LogP contribution in [0.1, 0.15) is 20.7 Å². The van der Waals surface area contributed by atoms with Gasteiger partial charge in [0.05, 0.1) is 15.8 Å². The minimum Gasteiger partial charge on any atom is -0.322 e. The summed E-state index contributed by atoms with van der Waals surface area (Å²) < 4.78 is 0. The summed E-state index contributed by atoms with van der Waals surface area (Å²) in [5.41, 5.74) is 1.82. The van der Waals surface area contributed by atoms with Crippen molar-refractivity contribution in [2.75, 3.05) is 11.1 Å². The summed E-state index contributed by atoms with van der Waals surface area (Å²) in [7, 11) is 0. The lowest BCUT2D eigenvalue weighted by Crippen LogP contribution is -2.11. The third kappa shape index (κ3) is 5.28. The predicted molar refractivity (Wildman–Crippen MR) is 130 cm³/mol. The first-order chi connectivity index (χ1) is 15.0. The van der Waals surface area contributed by atoms with E-state index in [-0.39, 0.29) is 17.4 Å². The van der Waals surface area contributed by atoms with Crippen molar-refractivity contribution in [3.8, 4) is 0 Å². The van der Waals surface area contributed by atoms with E-state index in [2.05, 4.69) is 5.32 Å². The Bertz CT molecular complexity index is 1270. The highest BCUT2D eigenvalue weighted by molar-refractivity contribution is 8.00. The van der Waals surface area contributed by atoms with Crippen LogP contribution in [0.3, 0.4) is 0 Å². The van der Waals surface area contributed by atoms with Crippen molar-refractivity contribution in [1.82, 2.24) is 0 Å². The van der Waals surface area contributed by atoms with Crippen molar-refractivity contribution in [2.45, 2.75) is 4.90 Å². The molecule has 0 aliphatic rings. The zero-order valence-corrected chi connectivity index (χ0v) is 18.6. The van der Waals surface area contributed by atoms with Crippen LogP contribution in [0.25, 0.3) is 10.8 Å². The van der Waals surface area contributed by atoms with Crippen LogP contribution in [-0.4, -0.2) is 17.4 Å². The number of hydrogen-bond donors (Lipinski definition) is 1. The maximum absolute atomic E-state index is 12.6. The Hall–Kier alpha value is -2.79. The van der Waals surface area contributed by atoms with Crippen LogP contribution in [0.5, 0.6) is 0 Å². The second-order valence-electron chi connectivity index (χ2n) is 6.88. The number of halogens is 2. The van der Waals surface area contributed by atoms with E-state index in [1.807, 2.05) is 66.7 Å². The van der Waals surface area contributed by atoms with Crippen LogP contribution < -0.4 is 5.32 Å². The number of thioether (sulfide) groups is 1. The number of hydrogen-bond acceptors (Lipinski definition) is 3. The molecule has 4 aromatic carbocycles. The van der Waals surface area contributed by atoms with Crippen molar-refractivity contribution in [2.24, 2.45) is 0 Å². The molecule has 0 spiro atoms. The molecule has 154 valence electrons. The Kier molecular flexibility index (Phi) is 6.62. The molecule has 1 N–H and O–H groups in total. The first kappa shape index (κ1) is 21.4. The topological polar surface area (TPSA) is 46.2 Å². The molecule has 0 saturated carbocycles. The highest BCUT2D eigenvalue weighted by Crippen LogP contribution is 2.25. The van der Waals surface area contributed by atoms with E-state index in [9.17, 15) is 9.59 Å². The average Bonchev–Trinajstić information content (AvgIpc) is 2.79. The van der Waals surface area contributed by atoms with Crippen LogP contribution in [0.2, 0.25) is 10.0 Å². The van der Waals surface area contributed by atoms with Gasteiger partial charge in [0.15, 0.2) is 5.78 Å². The highest BCUT2D eigenvalue weighted by Gasteiger charge is 2.10. The number of anilines is 1. The third-order valence-electron chi connectivity index (χ3n) is 4.74. The molecule has 0 aromatic heterocycles. The molecule has 4 aromatic rings. The third-order valence-corrected chi connectivity index (χ3v) is 6.49. The van der Waals surface area contributed by atoms with Crippen LogP contribution >= 0.6 is 35.0 Å².